The van der Waals surface area contributed by atoms with Crippen LogP contribution in [0.3, 0.4) is 0 Å². The SMILES string of the molecule is COc1ccc(CNC(=O)c2cc(NCCCc3ccccc3)nc(C)n2)cc1. The summed E-state index contributed by atoms with van der Waals surface area (Å²) in [7, 11) is 1.63. The van der Waals surface area contributed by atoms with Crippen molar-refractivity contribution in [1.82, 2.24) is 15.3 Å². The number of nitrogens with one attached hydrogen (secondary N) is 2. The number of hydrogen-bond donors (Lipinski definition) is 2. The minimum atomic E-state index is -0.223. The molecule has 2 N–H and O–H groups in total. The van der Waals surface area contributed by atoms with Crippen molar-refractivity contribution in [2.45, 2.75) is 26.3 Å². The van der Waals surface area contributed by atoms with Crippen molar-refractivity contribution in [2.75, 3.05) is 19.0 Å². The number of rotatable bonds is 9. The average molecular weight is 390 g/mol. The summed E-state index contributed by atoms with van der Waals surface area (Å²) in [4.78, 5) is 21.2. The lowest BCUT2D eigenvalue weighted by Gasteiger charge is -2.10. The summed E-state index contributed by atoms with van der Waals surface area (Å²) in [5.74, 6) is 1.79. The largest absolute Gasteiger partial charge is 0.497 e. The van der Waals surface area contributed by atoms with E-state index in [0.717, 1.165) is 30.7 Å². The number of nitrogens with zero attached hydrogens (tertiary/aromatic N) is 2. The predicted molar refractivity (Wildman–Crippen MR) is 114 cm³/mol. The van der Waals surface area contributed by atoms with Crippen molar-refractivity contribution in [2.24, 2.45) is 0 Å². The molecular formula is C23H26N4O2. The van der Waals surface area contributed by atoms with Crippen LogP contribution in [-0.2, 0) is 13.0 Å². The molecule has 0 spiro atoms. The number of methoxy groups -OCH3 is 1. The van der Waals surface area contributed by atoms with E-state index in [1.165, 1.54) is 5.56 Å². The third-order valence-corrected chi connectivity index (χ3v) is 4.47. The summed E-state index contributed by atoms with van der Waals surface area (Å²) in [6, 6.07) is 19.6. The Bertz CT molecular complexity index is 927. The van der Waals surface area contributed by atoms with Crippen LogP contribution < -0.4 is 15.4 Å². The number of anilines is 1. The van der Waals surface area contributed by atoms with Crippen molar-refractivity contribution in [1.29, 1.82) is 0 Å². The van der Waals surface area contributed by atoms with E-state index in [2.05, 4.69) is 32.7 Å². The Hall–Kier alpha value is -3.41. The van der Waals surface area contributed by atoms with Crippen molar-refractivity contribution >= 4 is 11.7 Å². The Labute approximate surface area is 171 Å². The zero-order valence-electron chi connectivity index (χ0n) is 16.8. The van der Waals surface area contributed by atoms with Gasteiger partial charge in [-0.05, 0) is 43.0 Å². The number of benzene rings is 2. The molecule has 0 bridgehead atoms. The van der Waals surface area contributed by atoms with Crippen molar-refractivity contribution in [3.05, 3.63) is 83.3 Å². The lowest BCUT2D eigenvalue weighted by Crippen LogP contribution is -2.24. The molecule has 0 aliphatic heterocycles. The maximum absolute atomic E-state index is 12.5. The Morgan fingerprint density at radius 2 is 1.76 bits per heavy atom. The van der Waals surface area contributed by atoms with E-state index in [9.17, 15) is 4.79 Å². The van der Waals surface area contributed by atoms with E-state index < -0.39 is 0 Å². The molecule has 6 heteroatoms. The maximum atomic E-state index is 12.5. The summed E-state index contributed by atoms with van der Waals surface area (Å²) in [5.41, 5.74) is 2.66. The molecule has 3 aromatic rings. The molecule has 0 radical (unpaired) electrons. The third-order valence-electron chi connectivity index (χ3n) is 4.47. The Morgan fingerprint density at radius 3 is 2.48 bits per heavy atom. The fraction of sp³-hybridized carbons (Fsp3) is 0.261. The molecule has 0 atom stereocenters. The molecule has 150 valence electrons. The first-order valence-corrected chi connectivity index (χ1v) is 9.68. The highest BCUT2D eigenvalue weighted by Gasteiger charge is 2.10. The molecule has 0 saturated carbocycles. The van der Waals surface area contributed by atoms with Crippen LogP contribution in [0.25, 0.3) is 0 Å². The molecule has 29 heavy (non-hydrogen) atoms. The monoisotopic (exact) mass is 390 g/mol. The fourth-order valence-electron chi connectivity index (χ4n) is 2.94. The van der Waals surface area contributed by atoms with Gasteiger partial charge in [-0.1, -0.05) is 42.5 Å². The molecule has 0 unspecified atom stereocenters. The Kier molecular flexibility index (Phi) is 7.16. The smallest absolute Gasteiger partial charge is 0.270 e. The number of aromatic nitrogens is 2. The first kappa shape index (κ1) is 20.3. The van der Waals surface area contributed by atoms with Gasteiger partial charge < -0.3 is 15.4 Å². The van der Waals surface area contributed by atoms with E-state index >= 15 is 0 Å². The topological polar surface area (TPSA) is 76.1 Å². The first-order chi connectivity index (χ1) is 14.1. The van der Waals surface area contributed by atoms with Crippen LogP contribution in [0.15, 0.2) is 60.7 Å². The number of ether oxygens (including phenoxy) is 1. The van der Waals surface area contributed by atoms with E-state index in [0.29, 0.717) is 23.9 Å². The van der Waals surface area contributed by atoms with Gasteiger partial charge in [-0.25, -0.2) is 9.97 Å². The van der Waals surface area contributed by atoms with Gasteiger partial charge in [0.15, 0.2) is 0 Å². The minimum Gasteiger partial charge on any atom is -0.497 e. The average Bonchev–Trinajstić information content (AvgIpc) is 2.76. The second-order valence-corrected chi connectivity index (χ2v) is 6.73. The second-order valence-electron chi connectivity index (χ2n) is 6.73. The minimum absolute atomic E-state index is 0.223. The first-order valence-electron chi connectivity index (χ1n) is 9.68. The fourth-order valence-corrected chi connectivity index (χ4v) is 2.94. The third kappa shape index (κ3) is 6.31. The molecule has 3 rings (SSSR count). The molecule has 0 aliphatic rings. The van der Waals surface area contributed by atoms with Crippen LogP contribution in [0.1, 0.15) is 33.9 Å². The van der Waals surface area contributed by atoms with Gasteiger partial charge in [0.05, 0.1) is 7.11 Å². The number of hydrogen-bond acceptors (Lipinski definition) is 5. The number of carbonyl (C=O) groups excluding carboxylic acids is 1. The van der Waals surface area contributed by atoms with E-state index in [4.69, 9.17) is 4.74 Å². The highest BCUT2D eigenvalue weighted by molar-refractivity contribution is 5.92. The zero-order valence-corrected chi connectivity index (χ0v) is 16.8. The van der Waals surface area contributed by atoms with Crippen LogP contribution in [-0.4, -0.2) is 29.5 Å². The van der Waals surface area contributed by atoms with Gasteiger partial charge in [0.2, 0.25) is 0 Å². The van der Waals surface area contributed by atoms with Crippen molar-refractivity contribution < 1.29 is 9.53 Å². The van der Waals surface area contributed by atoms with Crippen LogP contribution in [0.4, 0.5) is 5.82 Å². The molecule has 1 amide bonds. The summed E-state index contributed by atoms with van der Waals surface area (Å²) in [5, 5.41) is 6.19. The van der Waals surface area contributed by atoms with Crippen LogP contribution >= 0.6 is 0 Å². The summed E-state index contributed by atoms with van der Waals surface area (Å²) in [6.45, 7) is 2.99. The Morgan fingerprint density at radius 1 is 1.00 bits per heavy atom. The molecule has 0 aliphatic carbocycles. The quantitative estimate of drug-likeness (QED) is 0.544. The predicted octanol–water partition coefficient (Wildman–Crippen LogP) is 3.77. The number of aryl methyl sites for hydroxylation is 2. The van der Waals surface area contributed by atoms with Gasteiger partial charge in [0, 0.05) is 19.2 Å². The highest BCUT2D eigenvalue weighted by Crippen LogP contribution is 2.12. The van der Waals surface area contributed by atoms with E-state index in [-0.39, 0.29) is 5.91 Å². The molecular weight excluding hydrogens is 364 g/mol. The summed E-state index contributed by atoms with van der Waals surface area (Å²) < 4.78 is 5.14. The van der Waals surface area contributed by atoms with Gasteiger partial charge >= 0.3 is 0 Å². The van der Waals surface area contributed by atoms with Crippen LogP contribution in [0.2, 0.25) is 0 Å². The highest BCUT2D eigenvalue weighted by atomic mass is 16.5. The lowest BCUT2D eigenvalue weighted by molar-refractivity contribution is 0.0945. The Balaban J connectivity index is 1.52. The van der Waals surface area contributed by atoms with Gasteiger partial charge in [0.25, 0.3) is 5.91 Å². The number of amides is 1. The molecule has 6 nitrogen and oxygen atoms in total. The zero-order chi connectivity index (χ0) is 20.5. The summed E-state index contributed by atoms with van der Waals surface area (Å²) >= 11 is 0. The summed E-state index contributed by atoms with van der Waals surface area (Å²) in [6.07, 6.45) is 1.97. The molecule has 1 heterocycles. The normalized spacial score (nSPS) is 10.4. The molecule has 1 aromatic heterocycles. The number of carbonyl (C=O) groups is 1. The van der Waals surface area contributed by atoms with Gasteiger partial charge in [0.1, 0.15) is 23.1 Å². The van der Waals surface area contributed by atoms with Gasteiger partial charge in [-0.2, -0.15) is 0 Å². The lowest BCUT2D eigenvalue weighted by atomic mass is 10.1. The standard InChI is InChI=1S/C23H26N4O2/c1-17-26-21(23(28)25-16-19-10-12-20(29-2)13-11-19)15-22(27-17)24-14-6-9-18-7-4-3-5-8-18/h3-5,7-8,10-13,15H,6,9,14,16H2,1-2H3,(H,25,28)(H,24,26,27). The maximum Gasteiger partial charge on any atom is 0.270 e. The van der Waals surface area contributed by atoms with E-state index in [1.54, 1.807) is 20.1 Å². The van der Waals surface area contributed by atoms with Crippen LogP contribution in [0, 0.1) is 6.92 Å². The van der Waals surface area contributed by atoms with Crippen molar-refractivity contribution in [3.63, 3.8) is 0 Å². The van der Waals surface area contributed by atoms with Crippen molar-refractivity contribution in [3.8, 4) is 5.75 Å². The molecule has 2 aromatic carbocycles. The van der Waals surface area contributed by atoms with Gasteiger partial charge in [-0.3, -0.25) is 4.79 Å². The van der Waals surface area contributed by atoms with E-state index in [1.807, 2.05) is 42.5 Å². The van der Waals surface area contributed by atoms with Gasteiger partial charge in [-0.15, -0.1) is 0 Å². The van der Waals surface area contributed by atoms with Crippen LogP contribution in [0.5, 0.6) is 5.75 Å². The second kappa shape index (κ2) is 10.2. The molecule has 0 fully saturated rings. The molecule has 0 saturated heterocycles.